The normalized spacial score (nSPS) is 12.6. The number of rotatable bonds is 61. The Bertz CT molecular complexity index is 1060. The molecule has 0 heterocycles. The monoisotopic (exact) mass is 1000 g/mol. The lowest BCUT2D eigenvalue weighted by molar-refractivity contribution is -0.143. The molecule has 0 saturated carbocycles. The number of amides is 1. The maximum Gasteiger partial charge on any atom is 0.305 e. The van der Waals surface area contributed by atoms with E-state index in [1.54, 1.807) is 0 Å². The molecule has 0 fully saturated rings. The van der Waals surface area contributed by atoms with Gasteiger partial charge < -0.3 is 20.3 Å². The Morgan fingerprint density at radius 1 is 0.380 bits per heavy atom. The van der Waals surface area contributed by atoms with Crippen LogP contribution in [0.15, 0.2) is 12.2 Å². The smallest absolute Gasteiger partial charge is 0.305 e. The molecule has 1 amide bonds. The molecule has 422 valence electrons. The molecule has 0 aromatic rings. The zero-order valence-electron chi connectivity index (χ0n) is 48.2. The van der Waals surface area contributed by atoms with E-state index in [0.717, 1.165) is 38.5 Å². The number of allylic oxidation sites excluding steroid dienone is 2. The van der Waals surface area contributed by atoms with Crippen molar-refractivity contribution in [2.75, 3.05) is 13.2 Å². The van der Waals surface area contributed by atoms with Crippen molar-refractivity contribution in [2.24, 2.45) is 0 Å². The van der Waals surface area contributed by atoms with Crippen LogP contribution < -0.4 is 5.32 Å². The van der Waals surface area contributed by atoms with E-state index in [-0.39, 0.29) is 18.5 Å². The molecule has 2 unspecified atom stereocenters. The van der Waals surface area contributed by atoms with Gasteiger partial charge in [-0.05, 0) is 51.4 Å². The van der Waals surface area contributed by atoms with Crippen molar-refractivity contribution in [3.8, 4) is 0 Å². The SMILES string of the molecule is CCCCCCCCCCCCCCCC(=O)OCCCCCCCCCCCCCC/C=C\CCCCCCCCCCCCCCCCCCC(=O)NC(CO)C(O)CCCCCCCCCCC. The molecule has 2 atom stereocenters. The number of ether oxygens (including phenoxy) is 1. The first-order chi connectivity index (χ1) is 35.0. The van der Waals surface area contributed by atoms with Gasteiger partial charge in [0.05, 0.1) is 25.4 Å². The average molecular weight is 1000 g/mol. The molecule has 0 spiro atoms. The Morgan fingerprint density at radius 3 is 1.00 bits per heavy atom. The Balaban J connectivity index is 3.31. The molecule has 0 aromatic carbocycles. The lowest BCUT2D eigenvalue weighted by atomic mass is 10.0. The zero-order chi connectivity index (χ0) is 51.4. The summed E-state index contributed by atoms with van der Waals surface area (Å²) in [4.78, 5) is 24.5. The molecule has 0 aliphatic heterocycles. The second-order valence-corrected chi connectivity index (χ2v) is 22.5. The largest absolute Gasteiger partial charge is 0.466 e. The first kappa shape index (κ1) is 69.6. The van der Waals surface area contributed by atoms with Crippen LogP contribution in [-0.2, 0) is 14.3 Å². The van der Waals surface area contributed by atoms with Crippen LogP contribution in [0.1, 0.15) is 367 Å². The van der Waals surface area contributed by atoms with Gasteiger partial charge in [0.25, 0.3) is 0 Å². The van der Waals surface area contributed by atoms with Crippen LogP contribution >= 0.6 is 0 Å². The number of aliphatic hydroxyl groups is 2. The van der Waals surface area contributed by atoms with Crippen LogP contribution in [0.25, 0.3) is 0 Å². The van der Waals surface area contributed by atoms with Crippen LogP contribution in [-0.4, -0.2) is 47.4 Å². The summed E-state index contributed by atoms with van der Waals surface area (Å²) < 4.78 is 5.48. The fourth-order valence-electron chi connectivity index (χ4n) is 10.3. The van der Waals surface area contributed by atoms with E-state index in [1.807, 2.05) is 0 Å². The van der Waals surface area contributed by atoms with E-state index in [1.165, 1.54) is 295 Å². The van der Waals surface area contributed by atoms with Gasteiger partial charge in [-0.1, -0.05) is 315 Å². The summed E-state index contributed by atoms with van der Waals surface area (Å²) >= 11 is 0. The quantitative estimate of drug-likeness (QED) is 0.0320. The third-order valence-corrected chi connectivity index (χ3v) is 15.3. The third-order valence-electron chi connectivity index (χ3n) is 15.3. The summed E-state index contributed by atoms with van der Waals surface area (Å²) in [6, 6.07) is -0.536. The molecule has 0 rings (SSSR count). The molecule has 0 aliphatic rings. The number of hydrogen-bond acceptors (Lipinski definition) is 5. The van der Waals surface area contributed by atoms with Crippen LogP contribution in [0, 0.1) is 0 Å². The highest BCUT2D eigenvalue weighted by Crippen LogP contribution is 2.18. The van der Waals surface area contributed by atoms with Crippen molar-refractivity contribution in [3.05, 3.63) is 12.2 Å². The van der Waals surface area contributed by atoms with Crippen LogP contribution in [0.3, 0.4) is 0 Å². The molecular formula is C65H127NO5. The molecule has 71 heavy (non-hydrogen) atoms. The van der Waals surface area contributed by atoms with Gasteiger partial charge in [0.2, 0.25) is 5.91 Å². The lowest BCUT2D eigenvalue weighted by Crippen LogP contribution is -2.45. The number of hydrogen-bond donors (Lipinski definition) is 3. The number of aliphatic hydroxyl groups excluding tert-OH is 2. The highest BCUT2D eigenvalue weighted by Gasteiger charge is 2.20. The summed E-state index contributed by atoms with van der Waals surface area (Å²) in [5.41, 5.74) is 0. The number of esters is 1. The molecule has 0 bridgehead atoms. The summed E-state index contributed by atoms with van der Waals surface area (Å²) in [5, 5.41) is 23.1. The molecule has 3 N–H and O–H groups in total. The van der Waals surface area contributed by atoms with Gasteiger partial charge in [-0.2, -0.15) is 0 Å². The van der Waals surface area contributed by atoms with Crippen molar-refractivity contribution in [1.29, 1.82) is 0 Å². The average Bonchev–Trinajstić information content (AvgIpc) is 3.37. The van der Waals surface area contributed by atoms with Crippen molar-refractivity contribution < 1.29 is 24.5 Å². The fourth-order valence-corrected chi connectivity index (χ4v) is 10.3. The van der Waals surface area contributed by atoms with Crippen LogP contribution in [0.2, 0.25) is 0 Å². The fraction of sp³-hybridized carbons (Fsp3) is 0.938. The highest BCUT2D eigenvalue weighted by molar-refractivity contribution is 5.76. The van der Waals surface area contributed by atoms with Crippen molar-refractivity contribution in [2.45, 2.75) is 379 Å². The van der Waals surface area contributed by atoms with Gasteiger partial charge in [-0.3, -0.25) is 9.59 Å². The van der Waals surface area contributed by atoms with Gasteiger partial charge in [0.15, 0.2) is 0 Å². The van der Waals surface area contributed by atoms with Gasteiger partial charge in [0, 0.05) is 12.8 Å². The van der Waals surface area contributed by atoms with Gasteiger partial charge in [-0.15, -0.1) is 0 Å². The Labute approximate surface area is 444 Å². The van der Waals surface area contributed by atoms with Gasteiger partial charge in [0.1, 0.15) is 0 Å². The van der Waals surface area contributed by atoms with E-state index in [2.05, 4.69) is 31.3 Å². The van der Waals surface area contributed by atoms with E-state index in [9.17, 15) is 19.8 Å². The predicted molar refractivity (Wildman–Crippen MR) is 310 cm³/mol. The number of carbonyl (C=O) groups is 2. The molecule has 0 aromatic heterocycles. The van der Waals surface area contributed by atoms with E-state index < -0.39 is 12.1 Å². The maximum atomic E-state index is 12.4. The Morgan fingerprint density at radius 2 is 0.662 bits per heavy atom. The maximum absolute atomic E-state index is 12.4. The van der Waals surface area contributed by atoms with E-state index >= 15 is 0 Å². The molecule has 0 radical (unpaired) electrons. The van der Waals surface area contributed by atoms with Gasteiger partial charge in [-0.25, -0.2) is 0 Å². The lowest BCUT2D eigenvalue weighted by Gasteiger charge is -2.22. The summed E-state index contributed by atoms with van der Waals surface area (Å²) in [6.45, 7) is 4.96. The van der Waals surface area contributed by atoms with Crippen LogP contribution in [0.5, 0.6) is 0 Å². The number of carbonyl (C=O) groups excluding carboxylic acids is 2. The third kappa shape index (κ3) is 57.7. The van der Waals surface area contributed by atoms with E-state index in [0.29, 0.717) is 25.9 Å². The summed E-state index contributed by atoms with van der Waals surface area (Å²) in [5.74, 6) is -0.0129. The minimum absolute atomic E-state index is 0.0202. The Hall–Kier alpha value is -1.40. The number of unbranched alkanes of at least 4 members (excludes halogenated alkanes) is 48. The van der Waals surface area contributed by atoms with Crippen molar-refractivity contribution in [1.82, 2.24) is 5.32 Å². The minimum Gasteiger partial charge on any atom is -0.466 e. The topological polar surface area (TPSA) is 95.9 Å². The summed E-state index contributed by atoms with van der Waals surface area (Å²) in [6.07, 6.45) is 74.0. The number of nitrogens with one attached hydrogen (secondary N) is 1. The van der Waals surface area contributed by atoms with Crippen molar-refractivity contribution in [3.63, 3.8) is 0 Å². The molecular weight excluding hydrogens is 875 g/mol. The molecule has 0 saturated heterocycles. The predicted octanol–water partition coefficient (Wildman–Crippen LogP) is 20.4. The highest BCUT2D eigenvalue weighted by atomic mass is 16.5. The second-order valence-electron chi connectivity index (χ2n) is 22.5. The molecule has 0 aliphatic carbocycles. The van der Waals surface area contributed by atoms with Crippen LogP contribution in [0.4, 0.5) is 0 Å². The minimum atomic E-state index is -0.659. The zero-order valence-corrected chi connectivity index (χ0v) is 48.2. The van der Waals surface area contributed by atoms with Gasteiger partial charge >= 0.3 is 5.97 Å². The standard InChI is InChI=1S/C65H127NO5/c1-3-5-7-9-11-13-14-35-39-43-47-51-55-59-65(70)71-60-56-52-48-44-40-37-34-32-30-28-26-24-22-20-18-16-15-17-19-21-23-25-27-29-31-33-36-38-42-46-50-54-58-64(69)66-62(61-67)63(68)57-53-49-45-41-12-10-8-6-4-2/h18,20,62-63,67-68H,3-17,19,21-61H2,1-2H3,(H,66,69)/b20-18-. The first-order valence-electron chi connectivity index (χ1n) is 32.4. The second kappa shape index (κ2) is 61.1. The first-order valence-corrected chi connectivity index (χ1v) is 32.4. The molecule has 6 heteroatoms. The van der Waals surface area contributed by atoms with E-state index in [4.69, 9.17) is 4.74 Å². The summed E-state index contributed by atoms with van der Waals surface area (Å²) in [7, 11) is 0. The molecule has 6 nitrogen and oxygen atoms in total. The Kier molecular flexibility index (Phi) is 59.9. The van der Waals surface area contributed by atoms with Crippen molar-refractivity contribution >= 4 is 11.9 Å².